The van der Waals surface area contributed by atoms with Gasteiger partial charge in [0.15, 0.2) is 0 Å². The van der Waals surface area contributed by atoms with Crippen LogP contribution in [0.2, 0.25) is 0 Å². The molecule has 1 aromatic heterocycles. The molecule has 2 heterocycles. The summed E-state index contributed by atoms with van der Waals surface area (Å²) in [5.74, 6) is -0.440. The van der Waals surface area contributed by atoms with E-state index in [1.165, 1.54) is 26.4 Å². The van der Waals surface area contributed by atoms with E-state index in [1.54, 1.807) is 53.6 Å². The third-order valence-electron chi connectivity index (χ3n) is 5.96. The molecule has 2 aromatic carbocycles. The number of benzene rings is 2. The summed E-state index contributed by atoms with van der Waals surface area (Å²) in [5, 5.41) is 9.20. The smallest absolute Gasteiger partial charge is 0.307 e. The first-order valence-electron chi connectivity index (χ1n) is 11.1. The quantitative estimate of drug-likeness (QED) is 0.516. The van der Waals surface area contributed by atoms with Crippen LogP contribution in [-0.4, -0.2) is 47.6 Å². The van der Waals surface area contributed by atoms with Gasteiger partial charge in [-0.15, -0.1) is 0 Å². The third-order valence-corrected chi connectivity index (χ3v) is 5.96. The SMILES string of the molecule is COc1ccc(C=CC(=O)N2CCc3c(F)ccc(-c4cc(CC(=O)O)ccc4OC)c3C2)cn1. The van der Waals surface area contributed by atoms with Crippen LogP contribution in [0, 0.1) is 5.82 Å². The van der Waals surface area contributed by atoms with Crippen molar-refractivity contribution in [1.82, 2.24) is 9.88 Å². The van der Waals surface area contributed by atoms with Crippen LogP contribution in [0.15, 0.2) is 54.7 Å². The number of hydrogen-bond acceptors (Lipinski definition) is 5. The number of rotatable bonds is 7. The van der Waals surface area contributed by atoms with Gasteiger partial charge in [0.1, 0.15) is 11.6 Å². The highest BCUT2D eigenvalue weighted by Gasteiger charge is 2.26. The minimum atomic E-state index is -0.946. The van der Waals surface area contributed by atoms with Gasteiger partial charge in [0.25, 0.3) is 0 Å². The number of nitrogens with zero attached hydrogens (tertiary/aromatic N) is 2. The van der Waals surface area contributed by atoms with Crippen LogP contribution in [0.4, 0.5) is 4.39 Å². The molecular weight excluding hydrogens is 451 g/mol. The number of aliphatic carboxylic acids is 1. The maximum Gasteiger partial charge on any atom is 0.307 e. The van der Waals surface area contributed by atoms with Crippen molar-refractivity contribution in [2.75, 3.05) is 20.8 Å². The molecule has 1 aliphatic heterocycles. The molecule has 0 spiro atoms. The number of hydrogen-bond donors (Lipinski definition) is 1. The van der Waals surface area contributed by atoms with E-state index < -0.39 is 5.97 Å². The Hall–Kier alpha value is -4.20. The highest BCUT2D eigenvalue weighted by atomic mass is 19.1. The molecule has 8 heteroatoms. The van der Waals surface area contributed by atoms with Crippen LogP contribution >= 0.6 is 0 Å². The lowest BCUT2D eigenvalue weighted by Crippen LogP contribution is -2.35. The Labute approximate surface area is 202 Å². The largest absolute Gasteiger partial charge is 0.496 e. The van der Waals surface area contributed by atoms with Gasteiger partial charge in [-0.3, -0.25) is 9.59 Å². The number of aromatic nitrogens is 1. The number of halogens is 1. The fourth-order valence-corrected chi connectivity index (χ4v) is 4.21. The van der Waals surface area contributed by atoms with Gasteiger partial charge in [-0.1, -0.05) is 12.1 Å². The van der Waals surface area contributed by atoms with E-state index in [4.69, 9.17) is 9.47 Å². The summed E-state index contributed by atoms with van der Waals surface area (Å²) in [5.41, 5.74) is 3.98. The second-order valence-electron chi connectivity index (χ2n) is 8.13. The molecule has 0 saturated carbocycles. The second kappa shape index (κ2) is 10.4. The Bertz CT molecular complexity index is 1290. The summed E-state index contributed by atoms with van der Waals surface area (Å²) in [6.07, 6.45) is 4.99. The molecule has 1 N–H and O–H groups in total. The minimum absolute atomic E-state index is 0.143. The van der Waals surface area contributed by atoms with Gasteiger partial charge in [0.05, 0.1) is 20.6 Å². The average molecular weight is 477 g/mol. The fourth-order valence-electron chi connectivity index (χ4n) is 4.21. The summed E-state index contributed by atoms with van der Waals surface area (Å²) < 4.78 is 25.3. The van der Waals surface area contributed by atoms with Crippen LogP contribution in [0.3, 0.4) is 0 Å². The summed E-state index contributed by atoms with van der Waals surface area (Å²) in [7, 11) is 3.06. The van der Waals surface area contributed by atoms with E-state index in [1.807, 2.05) is 0 Å². The van der Waals surface area contributed by atoms with Gasteiger partial charge in [-0.2, -0.15) is 0 Å². The molecular formula is C27H25FN2O5. The average Bonchev–Trinajstić information content (AvgIpc) is 2.87. The van der Waals surface area contributed by atoms with E-state index >= 15 is 0 Å². The first-order valence-corrected chi connectivity index (χ1v) is 11.1. The standard InChI is InChI=1S/C27H25FN2O5/c1-34-24-8-3-18(14-27(32)33)13-21(24)19-6-7-23(28)20-11-12-30(16-22(19)20)26(31)10-5-17-4-9-25(35-2)29-15-17/h3-10,13,15H,11-12,14,16H2,1-2H3,(H,32,33). The Balaban J connectivity index is 1.64. The van der Waals surface area contributed by atoms with Gasteiger partial charge in [-0.25, -0.2) is 9.37 Å². The first kappa shape index (κ1) is 23.9. The normalized spacial score (nSPS) is 12.9. The molecule has 1 aliphatic rings. The van der Waals surface area contributed by atoms with Crippen molar-refractivity contribution in [3.63, 3.8) is 0 Å². The number of fused-ring (bicyclic) bond motifs is 1. The Morgan fingerprint density at radius 1 is 1.09 bits per heavy atom. The molecule has 0 atom stereocenters. The number of methoxy groups -OCH3 is 2. The van der Waals surface area contributed by atoms with E-state index in [-0.39, 0.29) is 24.7 Å². The monoisotopic (exact) mass is 476 g/mol. The Morgan fingerprint density at radius 2 is 1.91 bits per heavy atom. The third kappa shape index (κ3) is 5.32. The molecule has 35 heavy (non-hydrogen) atoms. The lowest BCUT2D eigenvalue weighted by Gasteiger charge is -2.30. The zero-order valence-corrected chi connectivity index (χ0v) is 19.5. The first-order chi connectivity index (χ1) is 16.9. The van der Waals surface area contributed by atoms with Crippen molar-refractivity contribution in [2.24, 2.45) is 0 Å². The van der Waals surface area contributed by atoms with Crippen LogP contribution in [0.5, 0.6) is 11.6 Å². The Morgan fingerprint density at radius 3 is 2.60 bits per heavy atom. The van der Waals surface area contributed by atoms with Gasteiger partial charge in [-0.05, 0) is 64.6 Å². The van der Waals surface area contributed by atoms with E-state index in [9.17, 15) is 19.1 Å². The molecule has 0 aliphatic carbocycles. The molecule has 0 fully saturated rings. The predicted molar refractivity (Wildman–Crippen MR) is 129 cm³/mol. The maximum absolute atomic E-state index is 14.7. The Kier molecular flexibility index (Phi) is 7.10. The van der Waals surface area contributed by atoms with E-state index in [2.05, 4.69) is 4.98 Å². The van der Waals surface area contributed by atoms with Gasteiger partial charge >= 0.3 is 5.97 Å². The molecule has 1 amide bonds. The number of pyridine rings is 1. The summed E-state index contributed by atoms with van der Waals surface area (Å²) in [4.78, 5) is 30.0. The topological polar surface area (TPSA) is 89.0 Å². The summed E-state index contributed by atoms with van der Waals surface area (Å²) >= 11 is 0. The van der Waals surface area contributed by atoms with Crippen LogP contribution in [0.1, 0.15) is 22.3 Å². The molecule has 0 radical (unpaired) electrons. The zero-order valence-electron chi connectivity index (χ0n) is 19.5. The molecule has 180 valence electrons. The molecule has 0 unspecified atom stereocenters. The molecule has 0 bridgehead atoms. The molecule has 3 aromatic rings. The second-order valence-corrected chi connectivity index (χ2v) is 8.13. The summed E-state index contributed by atoms with van der Waals surface area (Å²) in [6, 6.07) is 11.7. The molecule has 4 rings (SSSR count). The lowest BCUT2D eigenvalue weighted by molar-refractivity contribution is -0.136. The number of amides is 1. The van der Waals surface area contributed by atoms with Crippen molar-refractivity contribution in [3.8, 4) is 22.8 Å². The van der Waals surface area contributed by atoms with Crippen molar-refractivity contribution in [2.45, 2.75) is 19.4 Å². The zero-order chi connectivity index (χ0) is 24.9. The van der Waals surface area contributed by atoms with Crippen molar-refractivity contribution >= 4 is 18.0 Å². The van der Waals surface area contributed by atoms with Crippen LogP contribution in [0.25, 0.3) is 17.2 Å². The van der Waals surface area contributed by atoms with Crippen molar-refractivity contribution in [1.29, 1.82) is 0 Å². The highest BCUT2D eigenvalue weighted by molar-refractivity contribution is 5.92. The van der Waals surface area contributed by atoms with Crippen molar-refractivity contribution in [3.05, 3.63) is 82.8 Å². The van der Waals surface area contributed by atoms with Gasteiger partial charge in [0, 0.05) is 37.0 Å². The van der Waals surface area contributed by atoms with E-state index in [0.29, 0.717) is 52.4 Å². The molecule has 7 nitrogen and oxygen atoms in total. The predicted octanol–water partition coefficient (Wildman–Crippen LogP) is 4.13. The van der Waals surface area contributed by atoms with Crippen molar-refractivity contribution < 1.29 is 28.6 Å². The number of ether oxygens (including phenoxy) is 2. The summed E-state index contributed by atoms with van der Waals surface area (Å²) in [6.45, 7) is 0.604. The van der Waals surface area contributed by atoms with E-state index in [0.717, 1.165) is 5.56 Å². The number of carboxylic acid groups (broad SMARTS) is 1. The minimum Gasteiger partial charge on any atom is -0.496 e. The van der Waals surface area contributed by atoms with Crippen LogP contribution in [-0.2, 0) is 29.0 Å². The van der Waals surface area contributed by atoms with Gasteiger partial charge in [0.2, 0.25) is 11.8 Å². The maximum atomic E-state index is 14.7. The van der Waals surface area contributed by atoms with Crippen LogP contribution < -0.4 is 9.47 Å². The number of carboxylic acids is 1. The fraction of sp³-hybridized carbons (Fsp3) is 0.222. The highest BCUT2D eigenvalue weighted by Crippen LogP contribution is 2.37. The lowest BCUT2D eigenvalue weighted by atomic mass is 9.89. The molecule has 0 saturated heterocycles. The van der Waals surface area contributed by atoms with Gasteiger partial charge < -0.3 is 19.5 Å². The number of carbonyl (C=O) groups is 2. The number of carbonyl (C=O) groups excluding carboxylic acids is 1.